The molecule has 3 amide bonds. The maximum atomic E-state index is 12.5. The van der Waals surface area contributed by atoms with Crippen LogP contribution in [0.25, 0.3) is 11.6 Å². The smallest absolute Gasteiger partial charge is 0.256 e. The Morgan fingerprint density at radius 1 is 1.21 bits per heavy atom. The van der Waals surface area contributed by atoms with Gasteiger partial charge in [-0.2, -0.15) is 5.26 Å². The minimum Gasteiger partial charge on any atom is -0.358 e. The van der Waals surface area contributed by atoms with Crippen LogP contribution in [0.1, 0.15) is 45.4 Å². The number of hydrogen-bond donors (Lipinski definition) is 4. The summed E-state index contributed by atoms with van der Waals surface area (Å²) in [7, 11) is 0. The van der Waals surface area contributed by atoms with Gasteiger partial charge in [0.2, 0.25) is 5.91 Å². The molecule has 0 aliphatic carbocycles. The first kappa shape index (κ1) is 19.9. The van der Waals surface area contributed by atoms with Crippen LogP contribution in [0.2, 0.25) is 0 Å². The van der Waals surface area contributed by atoms with Gasteiger partial charge in [0.1, 0.15) is 0 Å². The summed E-state index contributed by atoms with van der Waals surface area (Å²) in [4.78, 5) is 39.0. The Kier molecular flexibility index (Phi) is 5.50. The van der Waals surface area contributed by atoms with E-state index in [0.29, 0.717) is 58.0 Å². The van der Waals surface area contributed by atoms with Gasteiger partial charge in [-0.05, 0) is 43.7 Å². The molecule has 0 saturated carbocycles. The number of rotatable bonds is 5. The summed E-state index contributed by atoms with van der Waals surface area (Å²) in [6.07, 6.45) is 1.69. The lowest BCUT2D eigenvalue weighted by atomic mass is 10.0. The highest BCUT2D eigenvalue weighted by Gasteiger charge is 2.26. The zero-order valence-electron chi connectivity index (χ0n) is 16.4. The zero-order valence-corrected chi connectivity index (χ0v) is 16.4. The van der Waals surface area contributed by atoms with E-state index in [0.717, 1.165) is 0 Å². The molecule has 3 rings (SSSR count). The van der Waals surface area contributed by atoms with Crippen molar-refractivity contribution in [3.05, 3.63) is 51.8 Å². The molecular formula is C21H21N5O3. The summed E-state index contributed by atoms with van der Waals surface area (Å²) < 4.78 is 0. The second-order valence-corrected chi connectivity index (χ2v) is 6.79. The lowest BCUT2D eigenvalue weighted by Crippen LogP contribution is -2.34. The molecule has 2 aromatic rings. The van der Waals surface area contributed by atoms with Gasteiger partial charge in [-0.15, -0.1) is 0 Å². The minimum absolute atomic E-state index is 0.156. The van der Waals surface area contributed by atoms with Crippen LogP contribution in [0.15, 0.2) is 18.2 Å². The van der Waals surface area contributed by atoms with Crippen molar-refractivity contribution in [3.8, 4) is 6.07 Å². The number of nitriles is 1. The highest BCUT2D eigenvalue weighted by Crippen LogP contribution is 2.34. The lowest BCUT2D eigenvalue weighted by Gasteiger charge is -2.06. The standard InChI is InChI=1S/C21H21N5O3/c1-11-18(25-12(2)19(11)21(29)24-7-6-23-13(3)27)9-16-15-8-14(10-22)4-5-17(15)26-20(16)28/h4-5,8-9,25H,6-7H2,1-3H3,(H,23,27)(H,24,29)(H,26,28)/b16-9-. The highest BCUT2D eigenvalue weighted by atomic mass is 16.2. The molecule has 0 unspecified atom stereocenters. The summed E-state index contributed by atoms with van der Waals surface area (Å²) >= 11 is 0. The van der Waals surface area contributed by atoms with Crippen LogP contribution < -0.4 is 16.0 Å². The summed E-state index contributed by atoms with van der Waals surface area (Å²) in [5, 5.41) is 17.3. The molecular weight excluding hydrogens is 370 g/mol. The molecule has 148 valence electrons. The third-order valence-electron chi connectivity index (χ3n) is 4.71. The predicted molar refractivity (Wildman–Crippen MR) is 109 cm³/mol. The Bertz CT molecular complexity index is 1090. The van der Waals surface area contributed by atoms with Crippen molar-refractivity contribution in [2.45, 2.75) is 20.8 Å². The van der Waals surface area contributed by atoms with Crippen molar-refractivity contribution in [1.82, 2.24) is 15.6 Å². The third-order valence-corrected chi connectivity index (χ3v) is 4.71. The molecule has 0 fully saturated rings. The molecule has 0 radical (unpaired) electrons. The van der Waals surface area contributed by atoms with E-state index in [1.54, 1.807) is 38.1 Å². The Morgan fingerprint density at radius 3 is 2.62 bits per heavy atom. The molecule has 4 N–H and O–H groups in total. The molecule has 1 aliphatic heterocycles. The number of amides is 3. The fraction of sp³-hybridized carbons (Fsp3) is 0.238. The van der Waals surface area contributed by atoms with E-state index < -0.39 is 0 Å². The summed E-state index contributed by atoms with van der Waals surface area (Å²) in [6.45, 7) is 5.66. The fourth-order valence-corrected chi connectivity index (χ4v) is 3.31. The first-order chi connectivity index (χ1) is 13.8. The van der Waals surface area contributed by atoms with Gasteiger partial charge in [0.05, 0.1) is 22.8 Å². The lowest BCUT2D eigenvalue weighted by molar-refractivity contribution is -0.119. The molecule has 1 aliphatic rings. The number of aromatic amines is 1. The Balaban J connectivity index is 1.88. The highest BCUT2D eigenvalue weighted by molar-refractivity contribution is 6.35. The van der Waals surface area contributed by atoms with Crippen LogP contribution in [-0.4, -0.2) is 35.8 Å². The van der Waals surface area contributed by atoms with Gasteiger partial charge in [-0.1, -0.05) is 0 Å². The molecule has 2 heterocycles. The van der Waals surface area contributed by atoms with Crippen molar-refractivity contribution in [2.24, 2.45) is 0 Å². The van der Waals surface area contributed by atoms with Crippen molar-refractivity contribution in [3.63, 3.8) is 0 Å². The normalized spacial score (nSPS) is 13.6. The Morgan fingerprint density at radius 2 is 1.93 bits per heavy atom. The van der Waals surface area contributed by atoms with E-state index in [1.165, 1.54) is 6.92 Å². The molecule has 8 heteroatoms. The number of nitrogens with one attached hydrogen (secondary N) is 4. The van der Waals surface area contributed by atoms with Gasteiger partial charge >= 0.3 is 0 Å². The Hall–Kier alpha value is -3.86. The third kappa shape index (κ3) is 4.04. The molecule has 0 atom stereocenters. The molecule has 29 heavy (non-hydrogen) atoms. The van der Waals surface area contributed by atoms with Crippen LogP contribution in [0, 0.1) is 25.2 Å². The number of aryl methyl sites for hydroxylation is 1. The SMILES string of the molecule is CC(=O)NCCNC(=O)c1c(C)[nH]c(/C=C2\C(=O)Nc3ccc(C#N)cc32)c1C. The number of nitrogens with zero attached hydrogens (tertiary/aromatic N) is 1. The van der Waals surface area contributed by atoms with Crippen molar-refractivity contribution in [2.75, 3.05) is 18.4 Å². The van der Waals surface area contributed by atoms with Gasteiger partial charge in [-0.25, -0.2) is 0 Å². The number of benzene rings is 1. The van der Waals surface area contributed by atoms with E-state index in [9.17, 15) is 14.4 Å². The number of hydrogen-bond acceptors (Lipinski definition) is 4. The van der Waals surface area contributed by atoms with Crippen molar-refractivity contribution in [1.29, 1.82) is 5.26 Å². The number of aromatic nitrogens is 1. The number of carbonyl (C=O) groups is 3. The maximum Gasteiger partial charge on any atom is 0.256 e. The average molecular weight is 391 g/mol. The number of carbonyl (C=O) groups excluding carboxylic acids is 3. The maximum absolute atomic E-state index is 12.5. The number of anilines is 1. The minimum atomic E-state index is -0.261. The fourth-order valence-electron chi connectivity index (χ4n) is 3.31. The van der Waals surface area contributed by atoms with Crippen LogP contribution in [0.4, 0.5) is 5.69 Å². The van der Waals surface area contributed by atoms with Crippen LogP contribution in [-0.2, 0) is 9.59 Å². The largest absolute Gasteiger partial charge is 0.358 e. The Labute approximate surface area is 168 Å². The summed E-state index contributed by atoms with van der Waals surface area (Å²) in [5.41, 5.74) is 4.74. The molecule has 0 bridgehead atoms. The van der Waals surface area contributed by atoms with Crippen molar-refractivity contribution < 1.29 is 14.4 Å². The molecule has 8 nitrogen and oxygen atoms in total. The quantitative estimate of drug-likeness (QED) is 0.458. The second-order valence-electron chi connectivity index (χ2n) is 6.79. The van der Waals surface area contributed by atoms with Crippen LogP contribution in [0.3, 0.4) is 0 Å². The van der Waals surface area contributed by atoms with E-state index in [1.807, 2.05) is 0 Å². The van der Waals surface area contributed by atoms with Gasteiger partial charge < -0.3 is 20.9 Å². The average Bonchev–Trinajstić information content (AvgIpc) is 3.14. The van der Waals surface area contributed by atoms with Gasteiger partial charge in [0, 0.05) is 42.7 Å². The van der Waals surface area contributed by atoms with Gasteiger partial charge in [0.25, 0.3) is 11.8 Å². The number of H-pyrrole nitrogens is 1. The molecule has 1 aromatic carbocycles. The van der Waals surface area contributed by atoms with Gasteiger partial charge in [-0.3, -0.25) is 14.4 Å². The monoisotopic (exact) mass is 391 g/mol. The molecule has 0 spiro atoms. The predicted octanol–water partition coefficient (Wildman–Crippen LogP) is 1.86. The topological polar surface area (TPSA) is 127 Å². The van der Waals surface area contributed by atoms with Crippen molar-refractivity contribution >= 4 is 35.1 Å². The molecule has 1 aromatic heterocycles. The second kappa shape index (κ2) is 8.02. The first-order valence-electron chi connectivity index (χ1n) is 9.11. The summed E-state index contributed by atoms with van der Waals surface area (Å²) in [5.74, 6) is -0.672. The van der Waals surface area contributed by atoms with E-state index in [-0.39, 0.29) is 17.7 Å². The molecule has 0 saturated heterocycles. The summed E-state index contributed by atoms with van der Waals surface area (Å²) in [6, 6.07) is 7.09. The van der Waals surface area contributed by atoms with Crippen LogP contribution in [0.5, 0.6) is 0 Å². The van der Waals surface area contributed by atoms with E-state index >= 15 is 0 Å². The van der Waals surface area contributed by atoms with E-state index in [4.69, 9.17) is 5.26 Å². The van der Waals surface area contributed by atoms with Gasteiger partial charge in [0.15, 0.2) is 0 Å². The zero-order chi connectivity index (χ0) is 21.1. The van der Waals surface area contributed by atoms with Crippen LogP contribution >= 0.6 is 0 Å². The number of fused-ring (bicyclic) bond motifs is 1. The first-order valence-corrected chi connectivity index (χ1v) is 9.11. The van der Waals surface area contributed by atoms with E-state index in [2.05, 4.69) is 27.0 Å².